The molecule has 1 aromatic rings. The maximum atomic E-state index is 12.1. The van der Waals surface area contributed by atoms with Crippen molar-refractivity contribution in [3.8, 4) is 5.75 Å². The summed E-state index contributed by atoms with van der Waals surface area (Å²) in [6.45, 7) is -1.10. The second kappa shape index (κ2) is 9.89. The molecule has 0 radical (unpaired) electrons. The van der Waals surface area contributed by atoms with Crippen molar-refractivity contribution >= 4 is 18.0 Å². The molecule has 5 nitrogen and oxygen atoms in total. The largest absolute Gasteiger partial charge is 0.452 e. The minimum atomic E-state index is -2.88. The lowest BCUT2D eigenvalue weighted by Gasteiger charge is -2.29. The lowest BCUT2D eigenvalue weighted by atomic mass is 9.86. The molecular formula is C19H23F2NO4. The number of halogens is 2. The number of benzene rings is 1. The Balaban J connectivity index is 1.73. The third-order valence-corrected chi connectivity index (χ3v) is 4.32. The zero-order chi connectivity index (χ0) is 18.9. The lowest BCUT2D eigenvalue weighted by molar-refractivity contribution is -0.144. The van der Waals surface area contributed by atoms with Gasteiger partial charge in [0.1, 0.15) is 5.75 Å². The van der Waals surface area contributed by atoms with Gasteiger partial charge in [0.2, 0.25) is 0 Å². The van der Waals surface area contributed by atoms with Crippen LogP contribution in [0, 0.1) is 5.92 Å². The van der Waals surface area contributed by atoms with E-state index in [1.165, 1.54) is 42.8 Å². The molecule has 1 fully saturated rings. The molecule has 0 unspecified atom stereocenters. The molecule has 142 valence electrons. The maximum absolute atomic E-state index is 12.1. The van der Waals surface area contributed by atoms with Gasteiger partial charge in [0, 0.05) is 12.1 Å². The topological polar surface area (TPSA) is 64.6 Å². The standard InChI is InChI=1S/C19H23F2NO4/c1-13-4-2-3-5-16(13)22-17(23)12-25-18(24)11-8-14-6-9-15(10-7-14)26-19(20)21/h6-11,13,16,19H,2-5,12H2,1H3,(H,22,23)/b11-8+/t13-,16-/m1/s1. The Bertz CT molecular complexity index is 631. The first-order valence-electron chi connectivity index (χ1n) is 8.63. The Morgan fingerprint density at radius 3 is 2.58 bits per heavy atom. The van der Waals surface area contributed by atoms with Crippen LogP contribution in [0.5, 0.6) is 5.75 Å². The molecule has 26 heavy (non-hydrogen) atoms. The molecule has 1 aliphatic rings. The van der Waals surface area contributed by atoms with E-state index in [1.807, 2.05) is 0 Å². The van der Waals surface area contributed by atoms with Gasteiger partial charge in [-0.3, -0.25) is 4.79 Å². The second-order valence-corrected chi connectivity index (χ2v) is 6.32. The Morgan fingerprint density at radius 2 is 1.92 bits per heavy atom. The first-order chi connectivity index (χ1) is 12.4. The molecule has 1 aliphatic carbocycles. The highest BCUT2D eigenvalue weighted by Gasteiger charge is 2.22. The predicted octanol–water partition coefficient (Wildman–Crippen LogP) is 3.54. The molecule has 1 amide bonds. The molecule has 0 spiro atoms. The van der Waals surface area contributed by atoms with Crippen molar-refractivity contribution in [1.82, 2.24) is 5.32 Å². The van der Waals surface area contributed by atoms with Crippen molar-refractivity contribution < 1.29 is 27.8 Å². The first-order valence-corrected chi connectivity index (χ1v) is 8.63. The summed E-state index contributed by atoms with van der Waals surface area (Å²) < 4.78 is 33.3. The molecule has 7 heteroatoms. The highest BCUT2D eigenvalue weighted by Crippen LogP contribution is 2.23. The van der Waals surface area contributed by atoms with Gasteiger partial charge >= 0.3 is 12.6 Å². The van der Waals surface area contributed by atoms with E-state index in [1.54, 1.807) is 0 Å². The maximum Gasteiger partial charge on any atom is 0.387 e. The number of ether oxygens (including phenoxy) is 2. The number of esters is 1. The highest BCUT2D eigenvalue weighted by molar-refractivity contribution is 5.89. The Hall–Kier alpha value is -2.44. The molecule has 2 rings (SSSR count). The van der Waals surface area contributed by atoms with Gasteiger partial charge in [0.05, 0.1) is 0 Å². The Labute approximate surface area is 151 Å². The number of alkyl halides is 2. The van der Waals surface area contributed by atoms with Gasteiger partial charge in [0.25, 0.3) is 5.91 Å². The van der Waals surface area contributed by atoms with Crippen LogP contribution in [-0.4, -0.2) is 31.1 Å². The summed E-state index contributed by atoms with van der Waals surface area (Å²) in [6.07, 6.45) is 6.97. The Kier molecular flexibility index (Phi) is 7.56. The van der Waals surface area contributed by atoms with E-state index in [2.05, 4.69) is 17.0 Å². The summed E-state index contributed by atoms with van der Waals surface area (Å²) in [6, 6.07) is 5.93. The van der Waals surface area contributed by atoms with E-state index in [-0.39, 0.29) is 24.3 Å². The number of hydrogen-bond donors (Lipinski definition) is 1. The number of hydrogen-bond acceptors (Lipinski definition) is 4. The number of nitrogens with one attached hydrogen (secondary N) is 1. The first kappa shape index (κ1) is 19.9. The summed E-state index contributed by atoms with van der Waals surface area (Å²) >= 11 is 0. The predicted molar refractivity (Wildman–Crippen MR) is 92.6 cm³/mol. The molecule has 0 saturated heterocycles. The van der Waals surface area contributed by atoms with Crippen LogP contribution in [0.3, 0.4) is 0 Å². The van der Waals surface area contributed by atoms with Crippen molar-refractivity contribution in [3.63, 3.8) is 0 Å². The van der Waals surface area contributed by atoms with Crippen LogP contribution < -0.4 is 10.1 Å². The van der Waals surface area contributed by atoms with E-state index in [0.717, 1.165) is 19.3 Å². The van der Waals surface area contributed by atoms with Crippen LogP contribution in [0.2, 0.25) is 0 Å². The molecule has 1 aromatic carbocycles. The molecule has 0 aliphatic heterocycles. The van der Waals surface area contributed by atoms with Crippen LogP contribution in [0.25, 0.3) is 6.08 Å². The molecule has 0 heterocycles. The van der Waals surface area contributed by atoms with Crippen molar-refractivity contribution in [1.29, 1.82) is 0 Å². The van der Waals surface area contributed by atoms with Crippen molar-refractivity contribution in [3.05, 3.63) is 35.9 Å². The fraction of sp³-hybridized carbons (Fsp3) is 0.474. The normalized spacial score (nSPS) is 20.2. The SMILES string of the molecule is C[C@@H]1CCCC[C@H]1NC(=O)COC(=O)/C=C/c1ccc(OC(F)F)cc1. The second-order valence-electron chi connectivity index (χ2n) is 6.32. The van der Waals surface area contributed by atoms with Crippen molar-refractivity contribution in [2.75, 3.05) is 6.61 Å². The van der Waals surface area contributed by atoms with E-state index in [0.29, 0.717) is 11.5 Å². The summed E-state index contributed by atoms with van der Waals surface area (Å²) in [5.74, 6) is -0.489. The summed E-state index contributed by atoms with van der Waals surface area (Å²) in [4.78, 5) is 23.6. The third kappa shape index (κ3) is 6.82. The number of rotatable bonds is 7. The Morgan fingerprint density at radius 1 is 1.23 bits per heavy atom. The average molecular weight is 367 g/mol. The van der Waals surface area contributed by atoms with E-state index < -0.39 is 12.6 Å². The minimum Gasteiger partial charge on any atom is -0.452 e. The number of carbonyl (C=O) groups excluding carboxylic acids is 2. The molecule has 2 atom stereocenters. The van der Waals surface area contributed by atoms with Gasteiger partial charge in [-0.15, -0.1) is 0 Å². The van der Waals surface area contributed by atoms with Crippen molar-refractivity contribution in [2.24, 2.45) is 5.92 Å². The summed E-state index contributed by atoms with van der Waals surface area (Å²) in [7, 11) is 0. The van der Waals surface area contributed by atoms with Gasteiger partial charge < -0.3 is 14.8 Å². The summed E-state index contributed by atoms with van der Waals surface area (Å²) in [5, 5.41) is 2.90. The smallest absolute Gasteiger partial charge is 0.387 e. The van der Waals surface area contributed by atoms with Crippen LogP contribution in [0.4, 0.5) is 8.78 Å². The third-order valence-electron chi connectivity index (χ3n) is 4.32. The van der Waals surface area contributed by atoms with E-state index in [9.17, 15) is 18.4 Å². The van der Waals surface area contributed by atoms with Crippen LogP contribution in [-0.2, 0) is 14.3 Å². The average Bonchev–Trinajstić information content (AvgIpc) is 2.61. The number of carbonyl (C=O) groups is 2. The number of amides is 1. The lowest BCUT2D eigenvalue weighted by Crippen LogP contribution is -2.42. The van der Waals surface area contributed by atoms with Gasteiger partial charge in [-0.25, -0.2) is 4.79 Å². The van der Waals surface area contributed by atoms with Gasteiger partial charge in [-0.2, -0.15) is 8.78 Å². The van der Waals surface area contributed by atoms with Gasteiger partial charge in [0.15, 0.2) is 6.61 Å². The molecule has 0 bridgehead atoms. The fourth-order valence-electron chi connectivity index (χ4n) is 2.89. The fourth-order valence-corrected chi connectivity index (χ4v) is 2.89. The molecule has 1 saturated carbocycles. The zero-order valence-corrected chi connectivity index (χ0v) is 14.6. The molecule has 1 N–H and O–H groups in total. The van der Waals surface area contributed by atoms with Gasteiger partial charge in [-0.1, -0.05) is 31.9 Å². The molecule has 0 aromatic heterocycles. The zero-order valence-electron chi connectivity index (χ0n) is 14.6. The monoisotopic (exact) mass is 367 g/mol. The highest BCUT2D eigenvalue weighted by atomic mass is 19.3. The summed E-state index contributed by atoms with van der Waals surface area (Å²) in [5.41, 5.74) is 0.615. The van der Waals surface area contributed by atoms with Crippen LogP contribution in [0.15, 0.2) is 30.3 Å². The van der Waals surface area contributed by atoms with E-state index >= 15 is 0 Å². The van der Waals surface area contributed by atoms with E-state index in [4.69, 9.17) is 4.74 Å². The molecular weight excluding hydrogens is 344 g/mol. The minimum absolute atomic E-state index is 0.0355. The van der Waals surface area contributed by atoms with Crippen LogP contribution in [0.1, 0.15) is 38.2 Å². The quantitative estimate of drug-likeness (QED) is 0.591. The van der Waals surface area contributed by atoms with Gasteiger partial charge in [-0.05, 0) is 42.5 Å². The van der Waals surface area contributed by atoms with Crippen molar-refractivity contribution in [2.45, 2.75) is 45.3 Å². The van der Waals surface area contributed by atoms with Crippen LogP contribution >= 0.6 is 0 Å².